The fourth-order valence-electron chi connectivity index (χ4n) is 2.05. The minimum absolute atomic E-state index is 0.882. The monoisotopic (exact) mass is 186 g/mol. The first-order valence-electron chi connectivity index (χ1n) is 5.10. The van der Waals surface area contributed by atoms with Crippen molar-refractivity contribution in [3.8, 4) is 0 Å². The van der Waals surface area contributed by atoms with E-state index in [2.05, 4.69) is 11.8 Å². The van der Waals surface area contributed by atoms with Gasteiger partial charge in [0, 0.05) is 18.8 Å². The first-order chi connectivity index (χ1) is 6.72. The molecule has 3 heteroatoms. The van der Waals surface area contributed by atoms with Gasteiger partial charge in [-0.2, -0.15) is 0 Å². The average molecular weight is 186 g/mol. The number of benzene rings is 1. The lowest BCUT2D eigenvalue weighted by Gasteiger charge is -2.29. The Morgan fingerprint density at radius 3 is 2.93 bits per heavy atom. The maximum atomic E-state index is 5.94. The summed E-state index contributed by atoms with van der Waals surface area (Å²) in [6.07, 6.45) is 1.03. The first kappa shape index (κ1) is 9.59. The summed E-state index contributed by atoms with van der Waals surface area (Å²) in [5, 5.41) is 0. The topological polar surface area (TPSA) is 29.3 Å². The zero-order valence-electron chi connectivity index (χ0n) is 8.59. The summed E-state index contributed by atoms with van der Waals surface area (Å²) in [5.74, 6) is 0. The van der Waals surface area contributed by atoms with Crippen LogP contribution >= 0.6 is 0 Å². The molecule has 14 heavy (non-hydrogen) atoms. The molecule has 0 aliphatic carbocycles. The smallest absolute Gasteiger partial charge is 0.114 e. The number of likely N-dealkylation sites (N-methyl/N-ethyl adjacent to an activating group) is 1. The fourth-order valence-corrected chi connectivity index (χ4v) is 2.05. The van der Waals surface area contributed by atoms with Crippen LogP contribution in [0.1, 0.15) is 18.1 Å². The van der Waals surface area contributed by atoms with Gasteiger partial charge in [0.15, 0.2) is 0 Å². The molecule has 2 radical (unpaired) electrons. The molecular formula is C11H15BN2. The molecule has 1 aromatic rings. The molecule has 1 aliphatic heterocycles. The summed E-state index contributed by atoms with van der Waals surface area (Å²) in [5.41, 5.74) is 10.2. The third kappa shape index (κ3) is 1.52. The van der Waals surface area contributed by atoms with Crippen molar-refractivity contribution in [1.29, 1.82) is 0 Å². The molecule has 0 fully saturated rings. The van der Waals surface area contributed by atoms with Crippen LogP contribution in [0, 0.1) is 0 Å². The molecule has 0 aromatic heterocycles. The van der Waals surface area contributed by atoms with Crippen LogP contribution in [0.15, 0.2) is 12.1 Å². The summed E-state index contributed by atoms with van der Waals surface area (Å²) < 4.78 is 0. The van der Waals surface area contributed by atoms with Crippen LogP contribution in [0.2, 0.25) is 0 Å². The zero-order valence-corrected chi connectivity index (χ0v) is 8.59. The van der Waals surface area contributed by atoms with Crippen LogP contribution in [-0.2, 0) is 13.0 Å². The van der Waals surface area contributed by atoms with E-state index >= 15 is 0 Å². The molecule has 1 heterocycles. The minimum Gasteiger partial charge on any atom is -0.398 e. The molecule has 0 atom stereocenters. The van der Waals surface area contributed by atoms with Gasteiger partial charge in [0.1, 0.15) is 7.85 Å². The molecule has 0 unspecified atom stereocenters. The number of nitrogen functional groups attached to an aromatic ring is 1. The molecule has 2 rings (SSSR count). The van der Waals surface area contributed by atoms with E-state index in [4.69, 9.17) is 13.6 Å². The lowest BCUT2D eigenvalue weighted by molar-refractivity contribution is 0.269. The highest BCUT2D eigenvalue weighted by molar-refractivity contribution is 6.33. The molecule has 0 saturated heterocycles. The number of hydrogen-bond acceptors (Lipinski definition) is 2. The largest absolute Gasteiger partial charge is 0.398 e. The summed E-state index contributed by atoms with van der Waals surface area (Å²) in [6.45, 7) is 5.29. The Morgan fingerprint density at radius 1 is 1.43 bits per heavy atom. The van der Waals surface area contributed by atoms with E-state index in [0.29, 0.717) is 0 Å². The van der Waals surface area contributed by atoms with E-state index in [1.807, 2.05) is 12.1 Å². The molecule has 1 aromatic carbocycles. The number of fused-ring (bicyclic) bond motifs is 1. The van der Waals surface area contributed by atoms with E-state index in [0.717, 1.165) is 37.2 Å². The van der Waals surface area contributed by atoms with Gasteiger partial charge in [0.05, 0.1) is 0 Å². The second-order valence-corrected chi connectivity index (χ2v) is 3.82. The van der Waals surface area contributed by atoms with E-state index in [9.17, 15) is 0 Å². The Hall–Kier alpha value is -0.955. The number of nitrogens with two attached hydrogens (primary N) is 1. The predicted molar refractivity (Wildman–Crippen MR) is 60.9 cm³/mol. The quantitative estimate of drug-likeness (QED) is 0.509. The molecule has 72 valence electrons. The summed E-state index contributed by atoms with van der Waals surface area (Å²) in [7, 11) is 5.92. The molecule has 0 saturated carbocycles. The highest BCUT2D eigenvalue weighted by atomic mass is 15.1. The Kier molecular flexibility index (Phi) is 2.51. The van der Waals surface area contributed by atoms with Crippen molar-refractivity contribution in [1.82, 2.24) is 4.90 Å². The standard InChI is InChI=1S/C11H15BN2/c1-2-14-6-5-8-9(7-14)11(13)4-3-10(8)12/h3-4H,2,5-7,13H2,1H3. The second-order valence-electron chi connectivity index (χ2n) is 3.82. The van der Waals surface area contributed by atoms with Crippen LogP contribution in [-0.4, -0.2) is 25.8 Å². The van der Waals surface area contributed by atoms with Crippen molar-refractivity contribution >= 4 is 19.0 Å². The highest BCUT2D eigenvalue weighted by Crippen LogP contribution is 2.22. The number of rotatable bonds is 1. The van der Waals surface area contributed by atoms with Crippen LogP contribution in [0.3, 0.4) is 0 Å². The molecule has 0 bridgehead atoms. The van der Waals surface area contributed by atoms with Gasteiger partial charge in [-0.1, -0.05) is 18.5 Å². The fraction of sp³-hybridized carbons (Fsp3) is 0.455. The van der Waals surface area contributed by atoms with E-state index < -0.39 is 0 Å². The van der Waals surface area contributed by atoms with Crippen LogP contribution < -0.4 is 11.2 Å². The van der Waals surface area contributed by atoms with Crippen LogP contribution in [0.4, 0.5) is 5.69 Å². The maximum Gasteiger partial charge on any atom is 0.114 e. The molecule has 2 nitrogen and oxygen atoms in total. The summed E-state index contributed by atoms with van der Waals surface area (Å²) in [4.78, 5) is 2.39. The van der Waals surface area contributed by atoms with Gasteiger partial charge in [-0.3, -0.25) is 4.90 Å². The molecule has 2 N–H and O–H groups in total. The third-order valence-corrected chi connectivity index (χ3v) is 3.01. The van der Waals surface area contributed by atoms with Crippen LogP contribution in [0.25, 0.3) is 0 Å². The molecule has 0 amide bonds. The number of hydrogen-bond donors (Lipinski definition) is 1. The van der Waals surface area contributed by atoms with E-state index in [1.54, 1.807) is 0 Å². The lowest BCUT2D eigenvalue weighted by atomic mass is 9.83. The Bertz CT molecular complexity index is 349. The molecule has 0 spiro atoms. The van der Waals surface area contributed by atoms with Gasteiger partial charge in [-0.25, -0.2) is 0 Å². The Labute approximate surface area is 86.5 Å². The van der Waals surface area contributed by atoms with Crippen LogP contribution in [0.5, 0.6) is 0 Å². The van der Waals surface area contributed by atoms with E-state index in [-0.39, 0.29) is 0 Å². The van der Waals surface area contributed by atoms with Crippen molar-refractivity contribution < 1.29 is 0 Å². The van der Waals surface area contributed by atoms with Gasteiger partial charge in [0.25, 0.3) is 0 Å². The van der Waals surface area contributed by atoms with Gasteiger partial charge in [0.2, 0.25) is 0 Å². The second kappa shape index (κ2) is 3.66. The SMILES string of the molecule is [B]c1ccc(N)c2c1CCN(CC)C2. The number of anilines is 1. The van der Waals surface area contributed by atoms with E-state index in [1.165, 1.54) is 11.1 Å². The Balaban J connectivity index is 2.40. The third-order valence-electron chi connectivity index (χ3n) is 3.01. The van der Waals surface area contributed by atoms with Gasteiger partial charge < -0.3 is 5.73 Å². The number of nitrogens with zero attached hydrogens (tertiary/aromatic N) is 1. The summed E-state index contributed by atoms with van der Waals surface area (Å²) in [6, 6.07) is 3.82. The average Bonchev–Trinajstić information content (AvgIpc) is 2.23. The lowest BCUT2D eigenvalue weighted by Crippen LogP contribution is -2.34. The highest BCUT2D eigenvalue weighted by Gasteiger charge is 2.17. The normalized spacial score (nSPS) is 16.6. The predicted octanol–water partition coefficient (Wildman–Crippen LogP) is 0.441. The maximum absolute atomic E-state index is 5.94. The van der Waals surface area contributed by atoms with Crippen molar-refractivity contribution in [3.63, 3.8) is 0 Å². The van der Waals surface area contributed by atoms with Crippen molar-refractivity contribution in [3.05, 3.63) is 23.3 Å². The van der Waals surface area contributed by atoms with Gasteiger partial charge >= 0.3 is 0 Å². The van der Waals surface area contributed by atoms with Crippen molar-refractivity contribution in [2.75, 3.05) is 18.8 Å². The summed E-state index contributed by atoms with van der Waals surface area (Å²) >= 11 is 0. The van der Waals surface area contributed by atoms with Crippen molar-refractivity contribution in [2.45, 2.75) is 19.9 Å². The Morgan fingerprint density at radius 2 is 2.21 bits per heavy atom. The molecular weight excluding hydrogens is 171 g/mol. The minimum atomic E-state index is 0.882. The van der Waals surface area contributed by atoms with Gasteiger partial charge in [-0.15, -0.1) is 0 Å². The zero-order chi connectivity index (χ0) is 10.1. The van der Waals surface area contributed by atoms with Crippen molar-refractivity contribution in [2.24, 2.45) is 0 Å². The van der Waals surface area contributed by atoms with Gasteiger partial charge in [-0.05, 0) is 30.2 Å². The molecule has 1 aliphatic rings. The first-order valence-corrected chi connectivity index (χ1v) is 5.10.